The molecule has 1 saturated carbocycles. The van der Waals surface area contributed by atoms with Crippen LogP contribution in [-0.2, 0) is 19.1 Å². The van der Waals surface area contributed by atoms with Crippen molar-refractivity contribution in [1.82, 2.24) is 0 Å². The molecule has 0 aliphatic heterocycles. The van der Waals surface area contributed by atoms with Crippen molar-refractivity contribution in [2.75, 3.05) is 6.61 Å². The minimum atomic E-state index is -0.113. The van der Waals surface area contributed by atoms with Crippen molar-refractivity contribution in [2.24, 2.45) is 11.8 Å². The number of carbonyl (C=O) groups is 3. The normalized spacial score (nSPS) is 21.1. The molecule has 2 atom stereocenters. The molecule has 1 aliphatic rings. The second-order valence-electron chi connectivity index (χ2n) is 6.37. The lowest BCUT2D eigenvalue weighted by molar-refractivity contribution is -0.143. The summed E-state index contributed by atoms with van der Waals surface area (Å²) in [6, 6.07) is 0. The second-order valence-corrected chi connectivity index (χ2v) is 6.37. The number of rotatable bonds is 11. The zero-order valence-corrected chi connectivity index (χ0v) is 14.1. The summed E-state index contributed by atoms with van der Waals surface area (Å²) in [6.45, 7) is 3.89. The predicted molar refractivity (Wildman–Crippen MR) is 85.5 cm³/mol. The van der Waals surface area contributed by atoms with Crippen LogP contribution in [0.4, 0.5) is 0 Å². The van der Waals surface area contributed by atoms with E-state index in [4.69, 9.17) is 4.74 Å². The first-order valence-electron chi connectivity index (χ1n) is 8.72. The number of unbranched alkanes of at least 4 members (excludes halogenated alkanes) is 3. The lowest BCUT2D eigenvalue weighted by Gasteiger charge is -2.17. The van der Waals surface area contributed by atoms with Gasteiger partial charge in [-0.2, -0.15) is 0 Å². The van der Waals surface area contributed by atoms with E-state index < -0.39 is 0 Å². The molecule has 0 bridgehead atoms. The van der Waals surface area contributed by atoms with Gasteiger partial charge >= 0.3 is 5.97 Å². The van der Waals surface area contributed by atoms with Gasteiger partial charge in [0, 0.05) is 25.2 Å². The zero-order valence-electron chi connectivity index (χ0n) is 14.1. The number of hydrogen-bond donors (Lipinski definition) is 0. The van der Waals surface area contributed by atoms with Crippen LogP contribution in [-0.4, -0.2) is 24.1 Å². The van der Waals surface area contributed by atoms with Gasteiger partial charge in [-0.1, -0.05) is 19.3 Å². The van der Waals surface area contributed by atoms with E-state index >= 15 is 0 Å². The largest absolute Gasteiger partial charge is 0.466 e. The number of hydrogen-bond acceptors (Lipinski definition) is 4. The van der Waals surface area contributed by atoms with E-state index in [1.165, 1.54) is 0 Å². The number of esters is 1. The number of ketones is 2. The third-order valence-electron chi connectivity index (χ3n) is 4.56. The molecule has 0 heterocycles. The van der Waals surface area contributed by atoms with E-state index in [2.05, 4.69) is 0 Å². The van der Waals surface area contributed by atoms with Crippen LogP contribution in [0.1, 0.15) is 78.1 Å². The minimum Gasteiger partial charge on any atom is -0.466 e. The molecular formula is C18H30O4. The fourth-order valence-corrected chi connectivity index (χ4v) is 3.33. The summed E-state index contributed by atoms with van der Waals surface area (Å²) in [5.41, 5.74) is 0. The Bertz CT molecular complexity index is 375. The molecule has 0 spiro atoms. The van der Waals surface area contributed by atoms with Gasteiger partial charge in [-0.25, -0.2) is 0 Å². The SMILES string of the molecule is CCOC(=O)CCCCCCC1C(=O)CCC1CCC(C)=O. The molecule has 0 aromatic carbocycles. The monoisotopic (exact) mass is 310 g/mol. The van der Waals surface area contributed by atoms with Crippen LogP contribution >= 0.6 is 0 Å². The van der Waals surface area contributed by atoms with Crippen LogP contribution in [0.2, 0.25) is 0 Å². The summed E-state index contributed by atoms with van der Waals surface area (Å²) < 4.78 is 4.89. The molecule has 22 heavy (non-hydrogen) atoms. The van der Waals surface area contributed by atoms with Crippen LogP contribution < -0.4 is 0 Å². The minimum absolute atomic E-state index is 0.113. The first-order chi connectivity index (χ1) is 10.5. The molecule has 1 aliphatic carbocycles. The Balaban J connectivity index is 2.15. The summed E-state index contributed by atoms with van der Waals surface area (Å²) in [7, 11) is 0. The average Bonchev–Trinajstić information content (AvgIpc) is 2.81. The fraction of sp³-hybridized carbons (Fsp3) is 0.833. The molecule has 4 nitrogen and oxygen atoms in total. The highest BCUT2D eigenvalue weighted by molar-refractivity contribution is 5.83. The molecule has 0 aromatic heterocycles. The van der Waals surface area contributed by atoms with Gasteiger partial charge in [-0.15, -0.1) is 0 Å². The molecule has 0 aromatic rings. The van der Waals surface area contributed by atoms with Crippen molar-refractivity contribution in [2.45, 2.75) is 78.1 Å². The van der Waals surface area contributed by atoms with Gasteiger partial charge < -0.3 is 9.53 Å². The van der Waals surface area contributed by atoms with Gasteiger partial charge in [-0.3, -0.25) is 9.59 Å². The number of ether oxygens (including phenoxy) is 1. The third kappa shape index (κ3) is 7.19. The highest BCUT2D eigenvalue weighted by Crippen LogP contribution is 2.35. The van der Waals surface area contributed by atoms with E-state index in [1.807, 2.05) is 6.92 Å². The smallest absolute Gasteiger partial charge is 0.305 e. The maximum Gasteiger partial charge on any atom is 0.305 e. The lowest BCUT2D eigenvalue weighted by Crippen LogP contribution is -2.15. The quantitative estimate of drug-likeness (QED) is 0.429. The van der Waals surface area contributed by atoms with Crippen molar-refractivity contribution >= 4 is 17.5 Å². The van der Waals surface area contributed by atoms with E-state index in [9.17, 15) is 14.4 Å². The lowest BCUT2D eigenvalue weighted by atomic mass is 9.86. The third-order valence-corrected chi connectivity index (χ3v) is 4.56. The Labute approximate surface area is 134 Å². The van der Waals surface area contributed by atoms with Crippen molar-refractivity contribution < 1.29 is 19.1 Å². The maximum absolute atomic E-state index is 12.0. The van der Waals surface area contributed by atoms with Crippen LogP contribution in [0.15, 0.2) is 0 Å². The molecule has 0 amide bonds. The predicted octanol–water partition coefficient (Wildman–Crippen LogP) is 3.85. The summed E-state index contributed by atoms with van der Waals surface area (Å²) in [6.07, 6.45) is 8.54. The second kappa shape index (κ2) is 10.5. The Morgan fingerprint density at radius 2 is 1.82 bits per heavy atom. The van der Waals surface area contributed by atoms with Gasteiger partial charge in [0.15, 0.2) is 0 Å². The fourth-order valence-electron chi connectivity index (χ4n) is 3.33. The zero-order chi connectivity index (χ0) is 16.4. The summed E-state index contributed by atoms with van der Waals surface area (Å²) in [5.74, 6) is 1.08. The van der Waals surface area contributed by atoms with Crippen LogP contribution in [0, 0.1) is 11.8 Å². The first-order valence-corrected chi connectivity index (χ1v) is 8.72. The Hall–Kier alpha value is -1.19. The highest BCUT2D eigenvalue weighted by Gasteiger charge is 2.33. The van der Waals surface area contributed by atoms with E-state index in [1.54, 1.807) is 6.92 Å². The topological polar surface area (TPSA) is 60.4 Å². The van der Waals surface area contributed by atoms with E-state index in [0.717, 1.165) is 44.9 Å². The van der Waals surface area contributed by atoms with Gasteiger partial charge in [0.1, 0.15) is 11.6 Å². The standard InChI is InChI=1S/C18H30O4/c1-3-22-18(21)9-7-5-4-6-8-16-15(11-10-14(2)19)12-13-17(16)20/h15-16H,3-13H2,1-2H3. The van der Waals surface area contributed by atoms with E-state index in [-0.39, 0.29) is 17.7 Å². The molecule has 1 rings (SSSR count). The van der Waals surface area contributed by atoms with Crippen LogP contribution in [0.3, 0.4) is 0 Å². The summed E-state index contributed by atoms with van der Waals surface area (Å²) >= 11 is 0. The highest BCUT2D eigenvalue weighted by atomic mass is 16.5. The van der Waals surface area contributed by atoms with Crippen molar-refractivity contribution in [1.29, 1.82) is 0 Å². The number of carbonyl (C=O) groups excluding carboxylic acids is 3. The molecule has 0 N–H and O–H groups in total. The molecule has 1 fully saturated rings. The molecule has 126 valence electrons. The first kappa shape index (κ1) is 18.9. The van der Waals surface area contributed by atoms with Gasteiger partial charge in [-0.05, 0) is 45.4 Å². The summed E-state index contributed by atoms with van der Waals surface area (Å²) in [4.78, 5) is 34.3. The Morgan fingerprint density at radius 1 is 1.09 bits per heavy atom. The van der Waals surface area contributed by atoms with Gasteiger partial charge in [0.25, 0.3) is 0 Å². The van der Waals surface area contributed by atoms with Crippen molar-refractivity contribution in [3.63, 3.8) is 0 Å². The molecular weight excluding hydrogens is 280 g/mol. The summed E-state index contributed by atoms with van der Waals surface area (Å²) in [5, 5.41) is 0. The van der Waals surface area contributed by atoms with Gasteiger partial charge in [0.2, 0.25) is 0 Å². The van der Waals surface area contributed by atoms with Crippen LogP contribution in [0.5, 0.6) is 0 Å². The molecule has 2 unspecified atom stereocenters. The van der Waals surface area contributed by atoms with Crippen molar-refractivity contribution in [3.8, 4) is 0 Å². The maximum atomic E-state index is 12.0. The van der Waals surface area contributed by atoms with Gasteiger partial charge in [0.05, 0.1) is 6.61 Å². The van der Waals surface area contributed by atoms with Crippen molar-refractivity contribution in [3.05, 3.63) is 0 Å². The Kier molecular flexibility index (Phi) is 9.02. The molecule has 0 saturated heterocycles. The number of Topliss-reactive ketones (excluding diaryl/α,β-unsaturated/α-hetero) is 2. The van der Waals surface area contributed by atoms with Crippen LogP contribution in [0.25, 0.3) is 0 Å². The van der Waals surface area contributed by atoms with E-state index in [0.29, 0.717) is 37.6 Å². The molecule has 0 radical (unpaired) electrons. The molecule has 4 heteroatoms. The Morgan fingerprint density at radius 3 is 2.50 bits per heavy atom. The average molecular weight is 310 g/mol.